The van der Waals surface area contributed by atoms with Gasteiger partial charge in [0.2, 0.25) is 0 Å². The smallest absolute Gasteiger partial charge is 0.323 e. The fraction of sp³-hybridized carbons (Fsp3) is 0.438. The molecule has 124 valence electrons. The first kappa shape index (κ1) is 17.0. The third-order valence-corrected chi connectivity index (χ3v) is 3.54. The molecule has 0 aliphatic heterocycles. The minimum atomic E-state index is -0.267. The van der Waals surface area contributed by atoms with Gasteiger partial charge >= 0.3 is 6.03 Å². The molecule has 0 aliphatic rings. The minimum Gasteiger partial charge on any atom is -0.382 e. The number of hydrogen-bond acceptors (Lipinski definition) is 4. The van der Waals surface area contributed by atoms with E-state index in [1.165, 1.54) is 0 Å². The van der Waals surface area contributed by atoms with Crippen molar-refractivity contribution in [3.05, 3.63) is 42.4 Å². The Morgan fingerprint density at radius 2 is 2.13 bits per heavy atom. The molecule has 2 rings (SSSR count). The van der Waals surface area contributed by atoms with Crippen LogP contribution in [0.15, 0.2) is 36.7 Å². The van der Waals surface area contributed by atoms with Crippen molar-refractivity contribution in [1.82, 2.24) is 19.7 Å². The molecular formula is C16H23N5O2. The van der Waals surface area contributed by atoms with Crippen molar-refractivity contribution < 1.29 is 9.53 Å². The van der Waals surface area contributed by atoms with Gasteiger partial charge in [0, 0.05) is 32.5 Å². The van der Waals surface area contributed by atoms with E-state index in [2.05, 4.69) is 15.4 Å². The van der Waals surface area contributed by atoms with E-state index < -0.39 is 0 Å². The molecule has 1 atom stereocenters. The van der Waals surface area contributed by atoms with E-state index in [0.717, 1.165) is 5.69 Å². The van der Waals surface area contributed by atoms with Crippen LogP contribution in [0.2, 0.25) is 0 Å². The second-order valence-corrected chi connectivity index (χ2v) is 5.52. The van der Waals surface area contributed by atoms with Crippen molar-refractivity contribution >= 4 is 11.8 Å². The summed E-state index contributed by atoms with van der Waals surface area (Å²) in [6, 6.07) is 7.05. The van der Waals surface area contributed by atoms with E-state index >= 15 is 0 Å². The van der Waals surface area contributed by atoms with Gasteiger partial charge in [0.15, 0.2) is 0 Å². The number of urea groups is 1. The number of aromatic nitrogens is 3. The first-order valence-electron chi connectivity index (χ1n) is 7.51. The van der Waals surface area contributed by atoms with E-state index in [-0.39, 0.29) is 18.1 Å². The maximum atomic E-state index is 12.6. The lowest BCUT2D eigenvalue weighted by molar-refractivity contribution is 0.119. The van der Waals surface area contributed by atoms with Crippen LogP contribution in [0.3, 0.4) is 0 Å². The lowest BCUT2D eigenvalue weighted by Gasteiger charge is -2.27. The van der Waals surface area contributed by atoms with Gasteiger partial charge in [-0.2, -0.15) is 5.10 Å². The van der Waals surface area contributed by atoms with Crippen LogP contribution in [-0.2, 0) is 4.74 Å². The van der Waals surface area contributed by atoms with E-state index in [0.29, 0.717) is 12.4 Å². The number of hydrogen-bond donors (Lipinski definition) is 1. The predicted molar refractivity (Wildman–Crippen MR) is 88.2 cm³/mol. The van der Waals surface area contributed by atoms with Crippen molar-refractivity contribution in [3.8, 4) is 0 Å². The Bertz CT molecular complexity index is 626. The zero-order valence-electron chi connectivity index (χ0n) is 13.9. The molecule has 2 heterocycles. The molecule has 7 nitrogen and oxygen atoms in total. The molecule has 0 unspecified atom stereocenters. The third-order valence-electron chi connectivity index (χ3n) is 3.54. The van der Waals surface area contributed by atoms with Crippen LogP contribution in [-0.4, -0.2) is 46.5 Å². The molecule has 1 N–H and O–H groups in total. The van der Waals surface area contributed by atoms with Crippen LogP contribution in [0, 0.1) is 0 Å². The molecule has 0 radical (unpaired) electrons. The first-order chi connectivity index (χ1) is 11.0. The van der Waals surface area contributed by atoms with Gasteiger partial charge < -0.3 is 9.64 Å². The number of anilines is 1. The molecule has 0 aromatic carbocycles. The van der Waals surface area contributed by atoms with Crippen LogP contribution in [0.5, 0.6) is 0 Å². The van der Waals surface area contributed by atoms with Gasteiger partial charge in [-0.25, -0.2) is 9.48 Å². The maximum absolute atomic E-state index is 12.6. The van der Waals surface area contributed by atoms with Gasteiger partial charge in [-0.15, -0.1) is 0 Å². The third kappa shape index (κ3) is 4.07. The minimum absolute atomic E-state index is 0.163. The summed E-state index contributed by atoms with van der Waals surface area (Å²) in [5.74, 6) is 0.661. The summed E-state index contributed by atoms with van der Waals surface area (Å²) in [7, 11) is 3.33. The summed E-state index contributed by atoms with van der Waals surface area (Å²) in [5.41, 5.74) is 0.782. The highest BCUT2D eigenvalue weighted by Crippen LogP contribution is 2.20. The molecule has 7 heteroatoms. The van der Waals surface area contributed by atoms with E-state index in [4.69, 9.17) is 4.74 Å². The van der Waals surface area contributed by atoms with Gasteiger partial charge in [-0.3, -0.25) is 10.3 Å². The largest absolute Gasteiger partial charge is 0.382 e. The van der Waals surface area contributed by atoms with Crippen LogP contribution in [0.25, 0.3) is 0 Å². The van der Waals surface area contributed by atoms with Crippen LogP contribution >= 0.6 is 0 Å². The molecular weight excluding hydrogens is 294 g/mol. The number of carbonyl (C=O) groups excluding carboxylic acids is 1. The first-order valence-corrected chi connectivity index (χ1v) is 7.51. The van der Waals surface area contributed by atoms with Crippen molar-refractivity contribution in [1.29, 1.82) is 0 Å². The molecule has 0 fully saturated rings. The molecule has 0 spiro atoms. The Kier molecular flexibility index (Phi) is 5.70. The number of nitrogens with one attached hydrogen (secondary N) is 1. The van der Waals surface area contributed by atoms with Crippen molar-refractivity contribution in [3.63, 3.8) is 0 Å². The lowest BCUT2D eigenvalue weighted by Crippen LogP contribution is -2.37. The van der Waals surface area contributed by atoms with Crippen molar-refractivity contribution in [2.75, 3.05) is 26.1 Å². The second-order valence-electron chi connectivity index (χ2n) is 5.52. The Hall–Kier alpha value is -2.41. The highest BCUT2D eigenvalue weighted by Gasteiger charge is 2.23. The Balaban J connectivity index is 2.14. The fourth-order valence-electron chi connectivity index (χ4n) is 2.29. The number of methoxy groups -OCH3 is 1. The van der Waals surface area contributed by atoms with Gasteiger partial charge in [0.1, 0.15) is 5.82 Å². The summed E-state index contributed by atoms with van der Waals surface area (Å²) >= 11 is 0. The maximum Gasteiger partial charge on any atom is 0.323 e. The van der Waals surface area contributed by atoms with Gasteiger partial charge in [0.05, 0.1) is 24.5 Å². The van der Waals surface area contributed by atoms with E-state index in [1.807, 2.05) is 32.0 Å². The number of rotatable bonds is 6. The molecule has 0 aliphatic carbocycles. The monoisotopic (exact) mass is 317 g/mol. The van der Waals surface area contributed by atoms with Gasteiger partial charge in [-0.05, 0) is 26.0 Å². The second kappa shape index (κ2) is 7.73. The average molecular weight is 317 g/mol. The standard InChI is InChI=1S/C16H23N5O2/c1-12(2)21-15(8-10-18-21)19-16(22)20(3)14(11-23-4)13-7-5-6-9-17-13/h5-10,12,14H,11H2,1-4H3,(H,19,22)/t14-/m0/s1. The average Bonchev–Trinajstić information content (AvgIpc) is 3.01. The highest BCUT2D eigenvalue weighted by molar-refractivity contribution is 5.88. The van der Waals surface area contributed by atoms with Crippen molar-refractivity contribution in [2.24, 2.45) is 0 Å². The van der Waals surface area contributed by atoms with Crippen LogP contribution in [0.4, 0.5) is 10.6 Å². The molecule has 0 saturated carbocycles. The quantitative estimate of drug-likeness (QED) is 0.889. The van der Waals surface area contributed by atoms with E-state index in [9.17, 15) is 4.79 Å². The Labute approximate surface area is 136 Å². The lowest BCUT2D eigenvalue weighted by atomic mass is 10.2. The summed E-state index contributed by atoms with van der Waals surface area (Å²) in [6.07, 6.45) is 3.37. The fourth-order valence-corrected chi connectivity index (χ4v) is 2.29. The zero-order valence-corrected chi connectivity index (χ0v) is 13.9. The van der Waals surface area contributed by atoms with Crippen LogP contribution < -0.4 is 5.32 Å². The predicted octanol–water partition coefficient (Wildman–Crippen LogP) is 2.71. The number of likely N-dealkylation sites (N-methyl/N-ethyl adjacent to an activating group) is 1. The summed E-state index contributed by atoms with van der Waals surface area (Å²) < 4.78 is 7.01. The molecule has 0 bridgehead atoms. The van der Waals surface area contributed by atoms with Gasteiger partial charge in [0.25, 0.3) is 0 Å². The number of carbonyl (C=O) groups is 1. The molecule has 23 heavy (non-hydrogen) atoms. The number of ether oxygens (including phenoxy) is 1. The normalized spacial score (nSPS) is 12.2. The number of amides is 2. The Morgan fingerprint density at radius 3 is 2.74 bits per heavy atom. The van der Waals surface area contributed by atoms with E-state index in [1.54, 1.807) is 42.2 Å². The summed E-state index contributed by atoms with van der Waals surface area (Å²) in [4.78, 5) is 18.5. The van der Waals surface area contributed by atoms with Crippen LogP contribution in [0.1, 0.15) is 31.6 Å². The molecule has 0 saturated heterocycles. The number of nitrogens with zero attached hydrogens (tertiary/aromatic N) is 4. The SMILES string of the molecule is COC[C@@H](c1ccccn1)N(C)C(=O)Nc1ccnn1C(C)C. The molecule has 2 aromatic heterocycles. The highest BCUT2D eigenvalue weighted by atomic mass is 16.5. The topological polar surface area (TPSA) is 72.3 Å². The molecule has 2 aromatic rings. The van der Waals surface area contributed by atoms with Crippen molar-refractivity contribution in [2.45, 2.75) is 25.9 Å². The summed E-state index contributed by atoms with van der Waals surface area (Å²) in [6.45, 7) is 4.38. The van der Waals surface area contributed by atoms with Gasteiger partial charge in [-0.1, -0.05) is 6.07 Å². The number of pyridine rings is 1. The zero-order chi connectivity index (χ0) is 16.8. The molecule has 2 amide bonds. The Morgan fingerprint density at radius 1 is 1.35 bits per heavy atom. The summed E-state index contributed by atoms with van der Waals surface area (Å²) in [5, 5.41) is 7.10.